The predicted octanol–water partition coefficient (Wildman–Crippen LogP) is 6.40. The number of aromatic nitrogens is 3. The van der Waals surface area contributed by atoms with E-state index in [-0.39, 0.29) is 58.4 Å². The zero-order valence-corrected chi connectivity index (χ0v) is 35.3. The molecule has 4 saturated heterocycles. The van der Waals surface area contributed by atoms with Crippen LogP contribution < -0.4 is 19.8 Å². The zero-order valence-electron chi connectivity index (χ0n) is 33.7. The molecule has 13 nitrogen and oxygen atoms in total. The Hall–Kier alpha value is -5.49. The van der Waals surface area contributed by atoms with Crippen LogP contribution in [0.5, 0.6) is 0 Å². The van der Waals surface area contributed by atoms with Crippen molar-refractivity contribution in [3.8, 4) is 28.1 Å². The molecule has 5 aromatic rings. The van der Waals surface area contributed by atoms with Crippen molar-refractivity contribution in [3.05, 3.63) is 108 Å². The van der Waals surface area contributed by atoms with Crippen LogP contribution in [0.15, 0.2) is 85.3 Å². The second-order valence-electron chi connectivity index (χ2n) is 16.4. The van der Waals surface area contributed by atoms with Gasteiger partial charge >= 0.3 is 10.2 Å². The summed E-state index contributed by atoms with van der Waals surface area (Å²) in [5.41, 5.74) is 3.54. The molecule has 18 heteroatoms. The molecule has 1 atom stereocenters. The zero-order chi connectivity index (χ0) is 43.1. The molecule has 2 aromatic heterocycles. The molecule has 0 spiro atoms. The van der Waals surface area contributed by atoms with Crippen LogP contribution in [-0.2, 0) is 19.8 Å². The summed E-state index contributed by atoms with van der Waals surface area (Å²) < 4.78 is 75.9. The highest BCUT2D eigenvalue weighted by molar-refractivity contribution is 7.90. The summed E-state index contributed by atoms with van der Waals surface area (Å²) in [5, 5.41) is 7.16. The Morgan fingerprint density at radius 3 is 2.19 bits per heavy atom. The molecule has 324 valence electrons. The minimum Gasteiger partial charge on any atom is -0.372 e. The summed E-state index contributed by atoms with van der Waals surface area (Å²) in [4.78, 5) is 35.0. The summed E-state index contributed by atoms with van der Waals surface area (Å²) in [6.07, 6.45) is 6.33. The van der Waals surface area contributed by atoms with E-state index >= 15 is 8.78 Å². The molecule has 4 aliphatic rings. The number of piperidine rings is 2. The molecule has 0 bridgehead atoms. The number of pyridine rings is 1. The maximum Gasteiger partial charge on any atom is 0.301 e. The molecule has 62 heavy (non-hydrogen) atoms. The molecule has 2 amide bonds. The first-order valence-electron chi connectivity index (χ1n) is 20.8. The van der Waals surface area contributed by atoms with E-state index in [1.54, 1.807) is 30.6 Å². The van der Waals surface area contributed by atoms with E-state index in [4.69, 9.17) is 11.6 Å². The van der Waals surface area contributed by atoms with Crippen LogP contribution >= 0.6 is 11.6 Å². The maximum atomic E-state index is 16.3. The van der Waals surface area contributed by atoms with Gasteiger partial charge in [-0.05, 0) is 85.3 Å². The molecule has 0 radical (unpaired) electrons. The average molecular weight is 888 g/mol. The van der Waals surface area contributed by atoms with Gasteiger partial charge in [0.15, 0.2) is 11.6 Å². The SMILES string of the molecule is O=C1CC[C@H](c2ccc(N3CCC(CN4CCN(c5ccc(-n6cc(-c7cc(Cl)cc(NS(=O)(=O)N8CC(F)C8)c7F)c(-c7ccncc7)n6)c(F)c5)CC4)CC3)cc2)C(=O)N1. The van der Waals surface area contributed by atoms with Crippen molar-refractivity contribution >= 4 is 50.7 Å². The normalized spacial score (nSPS) is 19.7. The highest BCUT2D eigenvalue weighted by Gasteiger charge is 2.37. The first-order chi connectivity index (χ1) is 29.9. The number of carbonyl (C=O) groups excluding carboxylic acids is 2. The van der Waals surface area contributed by atoms with E-state index in [9.17, 15) is 22.4 Å². The van der Waals surface area contributed by atoms with Crippen molar-refractivity contribution in [2.75, 3.05) is 73.4 Å². The molecule has 0 saturated carbocycles. The summed E-state index contributed by atoms with van der Waals surface area (Å²) in [7, 11) is -4.25. The van der Waals surface area contributed by atoms with Crippen LogP contribution in [0.2, 0.25) is 5.02 Å². The molecule has 4 fully saturated rings. The van der Waals surface area contributed by atoms with Gasteiger partial charge in [-0.25, -0.2) is 17.9 Å². The molecule has 9 rings (SSSR count). The smallest absolute Gasteiger partial charge is 0.301 e. The van der Waals surface area contributed by atoms with Gasteiger partial charge in [-0.3, -0.25) is 29.5 Å². The van der Waals surface area contributed by atoms with Crippen molar-refractivity contribution in [2.45, 2.75) is 37.8 Å². The van der Waals surface area contributed by atoms with E-state index in [0.29, 0.717) is 24.3 Å². The number of piperazine rings is 1. The van der Waals surface area contributed by atoms with Gasteiger partial charge in [0, 0.05) is 117 Å². The van der Waals surface area contributed by atoms with E-state index in [1.807, 2.05) is 18.2 Å². The number of carbonyl (C=O) groups is 2. The molecule has 0 unspecified atom stereocenters. The molecular formula is C44H45ClF3N9O4S. The second-order valence-corrected chi connectivity index (χ2v) is 18.5. The first-order valence-corrected chi connectivity index (χ1v) is 22.6. The lowest BCUT2D eigenvalue weighted by Crippen LogP contribution is -2.53. The van der Waals surface area contributed by atoms with Crippen molar-refractivity contribution < 1.29 is 31.2 Å². The van der Waals surface area contributed by atoms with E-state index in [0.717, 1.165) is 86.0 Å². The fourth-order valence-electron chi connectivity index (χ4n) is 8.80. The van der Waals surface area contributed by atoms with Crippen LogP contribution in [0.4, 0.5) is 30.2 Å². The molecule has 4 aliphatic heterocycles. The molecule has 6 heterocycles. The highest BCUT2D eigenvalue weighted by Crippen LogP contribution is 2.39. The molecule has 0 aliphatic carbocycles. The van der Waals surface area contributed by atoms with Gasteiger partial charge in [-0.1, -0.05) is 23.7 Å². The van der Waals surface area contributed by atoms with Crippen molar-refractivity contribution in [1.82, 2.24) is 29.3 Å². The Morgan fingerprint density at radius 1 is 0.823 bits per heavy atom. The molecular weight excluding hydrogens is 843 g/mol. The van der Waals surface area contributed by atoms with Crippen molar-refractivity contribution in [2.24, 2.45) is 5.92 Å². The van der Waals surface area contributed by atoms with Crippen LogP contribution in [0.1, 0.15) is 37.2 Å². The van der Waals surface area contributed by atoms with Crippen LogP contribution in [0.3, 0.4) is 0 Å². The van der Waals surface area contributed by atoms with Gasteiger partial charge < -0.3 is 9.80 Å². The lowest BCUT2D eigenvalue weighted by molar-refractivity contribution is -0.134. The van der Waals surface area contributed by atoms with Crippen LogP contribution in [-0.4, -0.2) is 109 Å². The standard InChI is InChI=1S/C44H45ClF3N9O4S/c45-31-21-36(42(48)39(22-31)52-62(60,61)56-25-32(46)26-56)37-27-57(51-43(37)30-9-13-49-14-10-30)40-7-5-34(23-38(40)47)55-19-17-53(18-20-55)24-28-11-15-54(16-12-28)33-3-1-29(2-4-33)35-6-8-41(58)50-44(35)59/h1-5,7,9-10,13-14,21-23,27-28,32,35,52H,6,8,11-12,15-20,24-26H2,(H,50,58,59)/t35-/m1/s1. The number of anilines is 3. The van der Waals surface area contributed by atoms with Crippen molar-refractivity contribution in [3.63, 3.8) is 0 Å². The number of benzene rings is 3. The predicted molar refractivity (Wildman–Crippen MR) is 231 cm³/mol. The summed E-state index contributed by atoms with van der Waals surface area (Å²) in [6, 6.07) is 19.0. The topological polar surface area (TPSA) is 136 Å². The molecule has 2 N–H and O–H groups in total. The maximum absolute atomic E-state index is 16.3. The number of nitrogens with zero attached hydrogens (tertiary/aromatic N) is 7. The Bertz CT molecular complexity index is 2580. The van der Waals surface area contributed by atoms with Gasteiger partial charge in [0.05, 0.1) is 11.6 Å². The number of halogens is 4. The summed E-state index contributed by atoms with van der Waals surface area (Å²) >= 11 is 6.41. The van der Waals surface area contributed by atoms with Crippen LogP contribution in [0.25, 0.3) is 28.1 Å². The quantitative estimate of drug-likeness (QED) is 0.145. The minimum absolute atomic E-state index is 0.0354. The number of hydrogen-bond donors (Lipinski definition) is 2. The third kappa shape index (κ3) is 8.76. The first kappa shape index (κ1) is 41.8. The fourth-order valence-corrected chi connectivity index (χ4v) is 10.3. The second kappa shape index (κ2) is 17.3. The third-order valence-electron chi connectivity index (χ3n) is 12.3. The van der Waals surface area contributed by atoms with Gasteiger partial charge in [0.1, 0.15) is 17.6 Å². The number of nitrogens with one attached hydrogen (secondary N) is 2. The number of hydrogen-bond acceptors (Lipinski definition) is 9. The Balaban J connectivity index is 0.839. The summed E-state index contributed by atoms with van der Waals surface area (Å²) in [5.74, 6) is -1.61. The Kier molecular flexibility index (Phi) is 11.7. The minimum atomic E-state index is -4.25. The summed E-state index contributed by atoms with van der Waals surface area (Å²) in [6.45, 7) is 5.42. The number of imide groups is 1. The van der Waals surface area contributed by atoms with E-state index in [2.05, 4.69) is 47.0 Å². The van der Waals surface area contributed by atoms with Crippen molar-refractivity contribution in [1.29, 1.82) is 0 Å². The van der Waals surface area contributed by atoms with Gasteiger partial charge in [0.2, 0.25) is 11.8 Å². The third-order valence-corrected chi connectivity index (χ3v) is 14.0. The number of amides is 2. The van der Waals surface area contributed by atoms with Gasteiger partial charge in [0.25, 0.3) is 0 Å². The largest absolute Gasteiger partial charge is 0.372 e. The number of alkyl halides is 1. The lowest BCUT2D eigenvalue weighted by Gasteiger charge is -2.40. The Morgan fingerprint density at radius 2 is 1.52 bits per heavy atom. The van der Waals surface area contributed by atoms with Crippen LogP contribution in [0, 0.1) is 17.6 Å². The van der Waals surface area contributed by atoms with Gasteiger partial charge in [-0.15, -0.1) is 0 Å². The fraction of sp³-hybridized carbons (Fsp3) is 0.364. The molecule has 3 aromatic carbocycles. The van der Waals surface area contributed by atoms with E-state index < -0.39 is 33.7 Å². The number of rotatable bonds is 11. The van der Waals surface area contributed by atoms with Gasteiger partial charge in [-0.2, -0.15) is 17.8 Å². The Labute approximate surface area is 362 Å². The van der Waals surface area contributed by atoms with E-state index in [1.165, 1.54) is 23.0 Å². The average Bonchev–Trinajstić information content (AvgIpc) is 3.69. The monoisotopic (exact) mass is 887 g/mol. The lowest BCUT2D eigenvalue weighted by atomic mass is 9.90. The highest BCUT2D eigenvalue weighted by atomic mass is 35.5.